The zero-order valence-electron chi connectivity index (χ0n) is 13.7. The van der Waals surface area contributed by atoms with Crippen molar-refractivity contribution in [1.29, 1.82) is 0 Å². The maximum atomic E-state index is 12.3. The molecule has 0 aliphatic rings. The summed E-state index contributed by atoms with van der Waals surface area (Å²) in [6, 6.07) is 4.27. The van der Waals surface area contributed by atoms with E-state index in [9.17, 15) is 23.3 Å². The number of ether oxygens (including phenoxy) is 1. The molecule has 11 heteroatoms. The van der Waals surface area contributed by atoms with Crippen molar-refractivity contribution in [3.63, 3.8) is 0 Å². The number of alkyl carbamates (subject to hydrolysis) is 1. The first kappa shape index (κ1) is 20.8. The minimum Gasteiger partial charge on any atom is -0.450 e. The number of hydrogen-bond acceptors (Lipinski definition) is 7. The molecule has 0 aliphatic heterocycles. The number of amides is 1. The van der Waals surface area contributed by atoms with Crippen molar-refractivity contribution in [2.24, 2.45) is 0 Å². The van der Waals surface area contributed by atoms with Crippen LogP contribution in [0.2, 0.25) is 0 Å². The van der Waals surface area contributed by atoms with Crippen molar-refractivity contribution < 1.29 is 28.0 Å². The van der Waals surface area contributed by atoms with Gasteiger partial charge in [0.15, 0.2) is 4.90 Å². The Hall–Kier alpha value is -2.24. The maximum absolute atomic E-state index is 12.3. The average Bonchev–Trinajstić information content (AvgIpc) is 2.56. The largest absolute Gasteiger partial charge is 0.450 e. The number of benzene rings is 1. The van der Waals surface area contributed by atoms with Gasteiger partial charge < -0.3 is 15.2 Å². The normalized spacial score (nSPS) is 12.4. The first-order chi connectivity index (χ1) is 11.8. The molecule has 140 valence electrons. The summed E-state index contributed by atoms with van der Waals surface area (Å²) >= 11 is 0. The summed E-state index contributed by atoms with van der Waals surface area (Å²) in [7, 11) is -4.12. The van der Waals surface area contributed by atoms with Crippen LogP contribution in [-0.2, 0) is 14.8 Å². The lowest BCUT2D eigenvalue weighted by Crippen LogP contribution is -2.42. The van der Waals surface area contributed by atoms with Gasteiger partial charge >= 0.3 is 6.09 Å². The van der Waals surface area contributed by atoms with Crippen LogP contribution in [0.15, 0.2) is 29.2 Å². The molecule has 0 radical (unpaired) electrons. The molecule has 10 nitrogen and oxygen atoms in total. The summed E-state index contributed by atoms with van der Waals surface area (Å²) in [5, 5.41) is 21.9. The highest BCUT2D eigenvalue weighted by Gasteiger charge is 2.26. The van der Waals surface area contributed by atoms with Crippen LogP contribution in [-0.4, -0.2) is 50.3 Å². The van der Waals surface area contributed by atoms with E-state index in [1.165, 1.54) is 19.1 Å². The SMILES string of the molecule is CC(CNC(=O)OCCCCO)NS(=O)(=O)c1ccccc1[N+](=O)[O-]. The highest BCUT2D eigenvalue weighted by molar-refractivity contribution is 7.89. The maximum Gasteiger partial charge on any atom is 0.407 e. The number of para-hydroxylation sites is 1. The molecular formula is C14H21N3O7S. The Morgan fingerprint density at radius 2 is 2.04 bits per heavy atom. The standard InChI is InChI=1S/C14H21N3O7S/c1-11(10-15-14(19)24-9-5-4-8-18)16-25(22,23)13-7-3-2-6-12(13)17(20)21/h2-3,6-7,11,16,18H,4-5,8-10H2,1H3,(H,15,19). The number of carbonyl (C=O) groups is 1. The van der Waals surface area contributed by atoms with Crippen LogP contribution in [0, 0.1) is 10.1 Å². The van der Waals surface area contributed by atoms with Crippen molar-refractivity contribution in [1.82, 2.24) is 10.0 Å². The van der Waals surface area contributed by atoms with Gasteiger partial charge in [-0.1, -0.05) is 12.1 Å². The molecule has 1 aromatic carbocycles. The van der Waals surface area contributed by atoms with E-state index in [4.69, 9.17) is 9.84 Å². The number of nitro benzene ring substituents is 1. The molecule has 1 rings (SSSR count). The van der Waals surface area contributed by atoms with Crippen molar-refractivity contribution >= 4 is 21.8 Å². The number of aliphatic hydroxyl groups is 1. The average molecular weight is 375 g/mol. The molecule has 25 heavy (non-hydrogen) atoms. The van der Waals surface area contributed by atoms with Gasteiger partial charge in [0.05, 0.1) is 11.5 Å². The molecule has 0 saturated heterocycles. The topological polar surface area (TPSA) is 148 Å². The molecule has 1 amide bonds. The minimum atomic E-state index is -4.12. The number of nitrogens with zero attached hydrogens (tertiary/aromatic N) is 1. The number of nitrogens with one attached hydrogen (secondary N) is 2. The van der Waals surface area contributed by atoms with E-state index in [2.05, 4.69) is 10.0 Å². The lowest BCUT2D eigenvalue weighted by atomic mass is 10.3. The second kappa shape index (κ2) is 9.91. The molecular weight excluding hydrogens is 354 g/mol. The third kappa shape index (κ3) is 7.03. The lowest BCUT2D eigenvalue weighted by molar-refractivity contribution is -0.387. The molecule has 1 unspecified atom stereocenters. The Kier molecular flexibility index (Phi) is 8.25. The van der Waals surface area contributed by atoms with E-state index in [0.717, 1.165) is 12.1 Å². The van der Waals surface area contributed by atoms with Gasteiger partial charge in [-0.05, 0) is 25.8 Å². The van der Waals surface area contributed by atoms with E-state index in [0.29, 0.717) is 12.8 Å². The van der Waals surface area contributed by atoms with Crippen LogP contribution in [0.1, 0.15) is 19.8 Å². The van der Waals surface area contributed by atoms with Gasteiger partial charge in [0, 0.05) is 25.3 Å². The van der Waals surface area contributed by atoms with Crippen LogP contribution in [0.4, 0.5) is 10.5 Å². The molecule has 0 aromatic heterocycles. The fourth-order valence-electron chi connectivity index (χ4n) is 1.87. The fourth-order valence-corrected chi connectivity index (χ4v) is 3.29. The minimum absolute atomic E-state index is 0.00934. The predicted octanol–water partition coefficient (Wildman–Crippen LogP) is 0.760. The van der Waals surface area contributed by atoms with E-state index in [1.54, 1.807) is 0 Å². The summed E-state index contributed by atoms with van der Waals surface area (Å²) < 4.78 is 31.6. The molecule has 3 N–H and O–H groups in total. The smallest absolute Gasteiger partial charge is 0.407 e. The molecule has 1 atom stereocenters. The number of nitro groups is 1. The number of rotatable bonds is 10. The molecule has 0 bridgehead atoms. The van der Waals surface area contributed by atoms with Gasteiger partial charge in [0.25, 0.3) is 5.69 Å². The van der Waals surface area contributed by atoms with E-state index >= 15 is 0 Å². The van der Waals surface area contributed by atoms with Crippen molar-refractivity contribution in [2.75, 3.05) is 19.8 Å². The first-order valence-electron chi connectivity index (χ1n) is 7.55. The second-order valence-electron chi connectivity index (χ2n) is 5.19. The van der Waals surface area contributed by atoms with Gasteiger partial charge in [-0.15, -0.1) is 0 Å². The third-order valence-electron chi connectivity index (χ3n) is 3.05. The van der Waals surface area contributed by atoms with Gasteiger partial charge in [-0.25, -0.2) is 17.9 Å². The molecule has 0 heterocycles. The highest BCUT2D eigenvalue weighted by Crippen LogP contribution is 2.22. The first-order valence-corrected chi connectivity index (χ1v) is 9.03. The highest BCUT2D eigenvalue weighted by atomic mass is 32.2. The number of carbonyl (C=O) groups excluding carboxylic acids is 1. The molecule has 1 aromatic rings. The summed E-state index contributed by atoms with van der Waals surface area (Å²) in [5.74, 6) is 0. The second-order valence-corrected chi connectivity index (χ2v) is 6.88. The predicted molar refractivity (Wildman–Crippen MR) is 88.6 cm³/mol. The van der Waals surface area contributed by atoms with Gasteiger partial charge in [-0.3, -0.25) is 10.1 Å². The Bertz CT molecular complexity index is 693. The van der Waals surface area contributed by atoms with Gasteiger partial charge in [0.2, 0.25) is 10.0 Å². The van der Waals surface area contributed by atoms with Crippen LogP contribution in [0.3, 0.4) is 0 Å². The lowest BCUT2D eigenvalue weighted by Gasteiger charge is -2.15. The van der Waals surface area contributed by atoms with Crippen LogP contribution < -0.4 is 10.0 Å². The summed E-state index contributed by atoms with van der Waals surface area (Å²) in [4.78, 5) is 21.1. The zero-order chi connectivity index (χ0) is 18.9. The van der Waals surface area contributed by atoms with Crippen molar-refractivity contribution in [3.8, 4) is 0 Å². The van der Waals surface area contributed by atoms with E-state index in [1.807, 2.05) is 0 Å². The number of hydrogen-bond donors (Lipinski definition) is 3. The van der Waals surface area contributed by atoms with Crippen LogP contribution >= 0.6 is 0 Å². The van der Waals surface area contributed by atoms with Crippen molar-refractivity contribution in [3.05, 3.63) is 34.4 Å². The number of aliphatic hydroxyl groups excluding tert-OH is 1. The monoisotopic (exact) mass is 375 g/mol. The molecule has 0 spiro atoms. The van der Waals surface area contributed by atoms with Gasteiger partial charge in [0.1, 0.15) is 0 Å². The van der Waals surface area contributed by atoms with Gasteiger partial charge in [-0.2, -0.15) is 0 Å². The molecule has 0 aliphatic carbocycles. The van der Waals surface area contributed by atoms with Crippen LogP contribution in [0.5, 0.6) is 0 Å². The fraction of sp³-hybridized carbons (Fsp3) is 0.500. The Morgan fingerprint density at radius 1 is 1.36 bits per heavy atom. The number of sulfonamides is 1. The van der Waals surface area contributed by atoms with E-state index < -0.39 is 37.7 Å². The zero-order valence-corrected chi connectivity index (χ0v) is 14.5. The molecule has 0 fully saturated rings. The Labute approximate surface area is 145 Å². The number of unbranched alkanes of at least 4 members (excludes halogenated alkanes) is 1. The van der Waals surface area contributed by atoms with Crippen molar-refractivity contribution in [2.45, 2.75) is 30.7 Å². The summed E-state index contributed by atoms with van der Waals surface area (Å²) in [6.45, 7) is 1.59. The molecule has 0 saturated carbocycles. The summed E-state index contributed by atoms with van der Waals surface area (Å²) in [6.07, 6.45) is 0.318. The Morgan fingerprint density at radius 3 is 2.68 bits per heavy atom. The van der Waals surface area contributed by atoms with E-state index in [-0.39, 0.29) is 19.8 Å². The van der Waals surface area contributed by atoms with Crippen LogP contribution in [0.25, 0.3) is 0 Å². The summed E-state index contributed by atoms with van der Waals surface area (Å²) in [5.41, 5.74) is -0.529. The Balaban J connectivity index is 2.57. The quantitative estimate of drug-likeness (QED) is 0.310. The third-order valence-corrected chi connectivity index (χ3v) is 4.68.